The minimum atomic E-state index is -4.76. The molecule has 0 aliphatic carbocycles. The van der Waals surface area contributed by atoms with E-state index in [0.29, 0.717) is 4.31 Å². The van der Waals surface area contributed by atoms with Gasteiger partial charge in [0.1, 0.15) is 6.04 Å². The van der Waals surface area contributed by atoms with Crippen LogP contribution in [0, 0.1) is 0 Å². The minimum Gasteiger partial charge on any atom is -0.379 e. The molecule has 1 atom stereocenters. The summed E-state index contributed by atoms with van der Waals surface area (Å²) in [6.07, 6.45) is -4.76. The maximum atomic E-state index is 13.5. The van der Waals surface area contributed by atoms with Crippen LogP contribution in [0.25, 0.3) is 0 Å². The van der Waals surface area contributed by atoms with Gasteiger partial charge >= 0.3 is 6.18 Å². The summed E-state index contributed by atoms with van der Waals surface area (Å²) < 4.78 is 71.8. The van der Waals surface area contributed by atoms with Gasteiger partial charge in [0.2, 0.25) is 0 Å². The van der Waals surface area contributed by atoms with Gasteiger partial charge < -0.3 is 4.74 Å². The molecular formula is C13H16ClF3N2O3S. The molecule has 0 N–H and O–H groups in total. The van der Waals surface area contributed by atoms with Crippen molar-refractivity contribution in [3.8, 4) is 0 Å². The fourth-order valence-electron chi connectivity index (χ4n) is 2.34. The van der Waals surface area contributed by atoms with E-state index in [1.54, 1.807) is 0 Å². The van der Waals surface area contributed by atoms with Crippen molar-refractivity contribution < 1.29 is 26.3 Å². The van der Waals surface area contributed by atoms with Crippen molar-refractivity contribution in [1.29, 1.82) is 0 Å². The van der Waals surface area contributed by atoms with Gasteiger partial charge in [-0.2, -0.15) is 30.2 Å². The second-order valence-electron chi connectivity index (χ2n) is 5.03. The lowest BCUT2D eigenvalue weighted by Crippen LogP contribution is -2.50. The topological polar surface area (TPSA) is 49.9 Å². The van der Waals surface area contributed by atoms with Crippen molar-refractivity contribution in [2.45, 2.75) is 12.2 Å². The Balaban J connectivity index is 2.37. The molecule has 0 radical (unpaired) electrons. The standard InChI is InChI=1S/C13H16ClF3N2O3S/c1-18(23(20,21)19-6-8-22-9-7-19)12(13(15,16)17)10-2-4-11(14)5-3-10/h2-5,12H,6-9H2,1H3. The van der Waals surface area contributed by atoms with Crippen molar-refractivity contribution in [3.63, 3.8) is 0 Å². The van der Waals surface area contributed by atoms with E-state index in [2.05, 4.69) is 0 Å². The lowest BCUT2D eigenvalue weighted by Gasteiger charge is -2.35. The van der Waals surface area contributed by atoms with E-state index >= 15 is 0 Å². The van der Waals surface area contributed by atoms with Crippen LogP contribution in [0.4, 0.5) is 13.2 Å². The van der Waals surface area contributed by atoms with Crippen LogP contribution >= 0.6 is 11.6 Å². The first kappa shape index (κ1) is 18.5. The molecule has 0 spiro atoms. The molecule has 23 heavy (non-hydrogen) atoms. The summed E-state index contributed by atoms with van der Waals surface area (Å²) in [5, 5.41) is 0.272. The van der Waals surface area contributed by atoms with Gasteiger partial charge in [0.25, 0.3) is 10.2 Å². The van der Waals surface area contributed by atoms with Gasteiger partial charge in [-0.15, -0.1) is 0 Å². The van der Waals surface area contributed by atoms with Gasteiger partial charge in [-0.25, -0.2) is 0 Å². The number of hydrogen-bond donors (Lipinski definition) is 0. The Morgan fingerprint density at radius 1 is 1.22 bits per heavy atom. The molecule has 0 saturated carbocycles. The maximum absolute atomic E-state index is 13.5. The van der Waals surface area contributed by atoms with E-state index in [4.69, 9.17) is 16.3 Å². The summed E-state index contributed by atoms with van der Waals surface area (Å²) in [7, 11) is -3.34. The normalized spacial score (nSPS) is 19.0. The summed E-state index contributed by atoms with van der Waals surface area (Å²) in [6, 6.07) is 2.65. The first-order valence-electron chi connectivity index (χ1n) is 6.77. The van der Waals surface area contributed by atoms with Gasteiger partial charge in [0, 0.05) is 25.2 Å². The lowest BCUT2D eigenvalue weighted by atomic mass is 10.1. The Kier molecular flexibility index (Phi) is 5.57. The minimum absolute atomic E-state index is 0.0257. The van der Waals surface area contributed by atoms with Crippen LogP contribution in [0.2, 0.25) is 5.02 Å². The molecule has 1 aliphatic heterocycles. The average Bonchev–Trinajstić information content (AvgIpc) is 2.49. The Hall–Kier alpha value is -0.870. The highest BCUT2D eigenvalue weighted by atomic mass is 35.5. The van der Waals surface area contributed by atoms with Crippen molar-refractivity contribution in [1.82, 2.24) is 8.61 Å². The van der Waals surface area contributed by atoms with Crippen molar-refractivity contribution in [3.05, 3.63) is 34.9 Å². The number of rotatable bonds is 4. The fourth-order valence-corrected chi connectivity index (χ4v) is 3.95. The molecular weight excluding hydrogens is 357 g/mol. The number of alkyl halides is 3. The summed E-state index contributed by atoms with van der Waals surface area (Å²) in [6.45, 7) is 0.366. The molecule has 10 heteroatoms. The molecule has 2 rings (SSSR count). The smallest absolute Gasteiger partial charge is 0.379 e. The molecule has 130 valence electrons. The summed E-state index contributed by atoms with van der Waals surface area (Å²) >= 11 is 5.69. The van der Waals surface area contributed by atoms with E-state index in [1.165, 1.54) is 24.3 Å². The van der Waals surface area contributed by atoms with E-state index < -0.39 is 22.4 Å². The second kappa shape index (κ2) is 6.94. The Labute approximate surface area is 137 Å². The first-order valence-corrected chi connectivity index (χ1v) is 8.54. The molecule has 5 nitrogen and oxygen atoms in total. The monoisotopic (exact) mass is 372 g/mol. The van der Waals surface area contributed by atoms with Gasteiger partial charge in [-0.05, 0) is 17.7 Å². The van der Waals surface area contributed by atoms with E-state index in [-0.39, 0.29) is 36.9 Å². The third-order valence-corrected chi connectivity index (χ3v) is 5.73. The van der Waals surface area contributed by atoms with E-state index in [9.17, 15) is 21.6 Å². The number of hydrogen-bond acceptors (Lipinski definition) is 3. The molecule has 1 heterocycles. The molecule has 1 unspecified atom stereocenters. The van der Waals surface area contributed by atoms with Crippen LogP contribution in [0.15, 0.2) is 24.3 Å². The van der Waals surface area contributed by atoms with Gasteiger partial charge in [0.05, 0.1) is 13.2 Å². The van der Waals surface area contributed by atoms with E-state index in [1.807, 2.05) is 0 Å². The first-order chi connectivity index (χ1) is 10.6. The molecule has 1 aromatic carbocycles. The second-order valence-corrected chi connectivity index (χ2v) is 7.46. The number of halogens is 4. The van der Waals surface area contributed by atoms with Gasteiger partial charge in [-0.3, -0.25) is 0 Å². The fraction of sp³-hybridized carbons (Fsp3) is 0.538. The van der Waals surface area contributed by atoms with Crippen LogP contribution in [0.3, 0.4) is 0 Å². The summed E-state index contributed by atoms with van der Waals surface area (Å²) in [5.41, 5.74) is -0.193. The molecule has 1 fully saturated rings. The van der Waals surface area contributed by atoms with E-state index in [0.717, 1.165) is 11.4 Å². The highest BCUT2D eigenvalue weighted by Crippen LogP contribution is 2.39. The molecule has 1 aliphatic rings. The Morgan fingerprint density at radius 2 is 1.74 bits per heavy atom. The molecule has 0 amide bonds. The zero-order chi connectivity index (χ0) is 17.3. The Bertz CT molecular complexity index is 631. The van der Waals surface area contributed by atoms with Crippen molar-refractivity contribution in [2.24, 2.45) is 0 Å². The van der Waals surface area contributed by atoms with Gasteiger partial charge in [0.15, 0.2) is 0 Å². The van der Waals surface area contributed by atoms with Crippen LogP contribution in [-0.4, -0.2) is 56.6 Å². The van der Waals surface area contributed by atoms with Crippen LogP contribution < -0.4 is 0 Å². The van der Waals surface area contributed by atoms with Crippen LogP contribution in [-0.2, 0) is 14.9 Å². The zero-order valence-electron chi connectivity index (χ0n) is 12.3. The number of morpholine rings is 1. The maximum Gasteiger partial charge on any atom is 0.409 e. The largest absolute Gasteiger partial charge is 0.409 e. The van der Waals surface area contributed by atoms with Crippen molar-refractivity contribution >= 4 is 21.8 Å². The highest BCUT2D eigenvalue weighted by Gasteiger charge is 2.48. The van der Waals surface area contributed by atoms with Crippen LogP contribution in [0.1, 0.15) is 11.6 Å². The lowest BCUT2D eigenvalue weighted by molar-refractivity contribution is -0.171. The summed E-state index contributed by atoms with van der Waals surface area (Å²) in [4.78, 5) is 0. The van der Waals surface area contributed by atoms with Crippen LogP contribution in [0.5, 0.6) is 0 Å². The number of benzene rings is 1. The predicted octanol–water partition coefficient (Wildman–Crippen LogP) is 2.45. The molecule has 0 aromatic heterocycles. The third-order valence-electron chi connectivity index (χ3n) is 3.52. The molecule has 0 bridgehead atoms. The van der Waals surface area contributed by atoms with Gasteiger partial charge in [-0.1, -0.05) is 23.7 Å². The SMILES string of the molecule is CN(C(c1ccc(Cl)cc1)C(F)(F)F)S(=O)(=O)N1CCOCC1. The Morgan fingerprint density at radius 3 is 2.22 bits per heavy atom. The molecule has 1 saturated heterocycles. The average molecular weight is 373 g/mol. The zero-order valence-corrected chi connectivity index (χ0v) is 13.8. The van der Waals surface area contributed by atoms with Crippen molar-refractivity contribution in [2.75, 3.05) is 33.4 Å². The molecule has 1 aromatic rings. The highest BCUT2D eigenvalue weighted by molar-refractivity contribution is 7.86. The number of ether oxygens (including phenoxy) is 1. The third kappa shape index (κ3) is 4.16. The predicted molar refractivity (Wildman–Crippen MR) is 79.3 cm³/mol. The quantitative estimate of drug-likeness (QED) is 0.815. The summed E-state index contributed by atoms with van der Waals surface area (Å²) in [5.74, 6) is 0. The number of nitrogens with zero attached hydrogens (tertiary/aromatic N) is 2.